The van der Waals surface area contributed by atoms with Crippen molar-refractivity contribution < 1.29 is 43.2 Å². The van der Waals surface area contributed by atoms with Gasteiger partial charge in [-0.1, -0.05) is 30.7 Å². The van der Waals surface area contributed by atoms with E-state index < -0.39 is 36.0 Å². The number of hydrogen-bond acceptors (Lipinski definition) is 10. The van der Waals surface area contributed by atoms with Crippen molar-refractivity contribution in [1.82, 2.24) is 25.5 Å². The van der Waals surface area contributed by atoms with Crippen LogP contribution in [0, 0.1) is 5.92 Å². The van der Waals surface area contributed by atoms with Crippen LogP contribution >= 0.6 is 0 Å². The number of nitrogens with zero attached hydrogens (tertiary/aromatic N) is 2. The summed E-state index contributed by atoms with van der Waals surface area (Å²) < 4.78 is 24.6. The molecule has 1 aromatic rings. The highest BCUT2D eigenvalue weighted by Crippen LogP contribution is 2.43. The first kappa shape index (κ1) is 37.4. The number of esters is 1. The smallest absolute Gasteiger partial charge is 0.327 e. The molecular formula is C36H51N5O9. The zero-order chi connectivity index (χ0) is 36.0. The SMILES string of the molecule is CC(=O)O[C@@H](C)C=CC(=O)N[C@@H]1C[C@H](C)[C@H](CC=C(C)C=C[C@H]2O[C@H](CC(=O)NC3CC(NC(=O)n4ccnc4)C3)C[C@@]3(CO3)[C@@H]2O)O[C@@H]1C. The lowest BCUT2D eigenvalue weighted by Crippen LogP contribution is -2.55. The van der Waals surface area contributed by atoms with E-state index in [1.54, 1.807) is 25.4 Å². The van der Waals surface area contributed by atoms with Crippen LogP contribution < -0.4 is 16.0 Å². The Bertz CT molecular complexity index is 1450. The number of epoxide rings is 1. The van der Waals surface area contributed by atoms with Crippen LogP contribution in [0.1, 0.15) is 73.1 Å². The molecule has 4 aliphatic rings. The third-order valence-corrected chi connectivity index (χ3v) is 9.91. The third kappa shape index (κ3) is 10.1. The van der Waals surface area contributed by atoms with Gasteiger partial charge in [0.25, 0.3) is 0 Å². The highest BCUT2D eigenvalue weighted by Gasteiger charge is 2.58. The van der Waals surface area contributed by atoms with Crippen LogP contribution in [0.5, 0.6) is 0 Å². The van der Waals surface area contributed by atoms with Crippen LogP contribution in [0.15, 0.2) is 54.7 Å². The minimum Gasteiger partial charge on any atom is -0.459 e. The van der Waals surface area contributed by atoms with Gasteiger partial charge in [-0.05, 0) is 58.4 Å². The fraction of sp³-hybridized carbons (Fsp3) is 0.639. The number of nitrogens with one attached hydrogen (secondary N) is 3. The van der Waals surface area contributed by atoms with Crippen molar-refractivity contribution in [2.45, 2.75) is 133 Å². The summed E-state index contributed by atoms with van der Waals surface area (Å²) in [5.41, 5.74) is 0.288. The van der Waals surface area contributed by atoms with E-state index >= 15 is 0 Å². The second kappa shape index (κ2) is 16.4. The van der Waals surface area contributed by atoms with Crippen LogP contribution in [-0.2, 0) is 33.3 Å². The number of rotatable bonds is 12. The van der Waals surface area contributed by atoms with Crippen LogP contribution in [0.2, 0.25) is 0 Å². The molecule has 4 heterocycles. The molecule has 274 valence electrons. The van der Waals surface area contributed by atoms with Gasteiger partial charge < -0.3 is 40.0 Å². The first-order valence-corrected chi connectivity index (χ1v) is 17.5. The zero-order valence-corrected chi connectivity index (χ0v) is 29.4. The molecule has 4 fully saturated rings. The summed E-state index contributed by atoms with van der Waals surface area (Å²) in [5.74, 6) is -0.596. The summed E-state index contributed by atoms with van der Waals surface area (Å²) in [6.45, 7) is 9.48. The van der Waals surface area contributed by atoms with Gasteiger partial charge in [0.05, 0.1) is 37.4 Å². The maximum atomic E-state index is 12.9. The molecule has 1 spiro atoms. The molecule has 0 unspecified atom stereocenters. The summed E-state index contributed by atoms with van der Waals surface area (Å²) in [5, 5.41) is 20.0. The predicted octanol–water partition coefficient (Wildman–Crippen LogP) is 2.46. The molecular weight excluding hydrogens is 646 g/mol. The molecule has 1 aromatic heterocycles. The van der Waals surface area contributed by atoms with Crippen LogP contribution in [0.4, 0.5) is 4.79 Å². The highest BCUT2D eigenvalue weighted by molar-refractivity contribution is 5.87. The van der Waals surface area contributed by atoms with Gasteiger partial charge in [-0.3, -0.25) is 19.0 Å². The van der Waals surface area contributed by atoms with Crippen molar-refractivity contribution >= 4 is 23.8 Å². The molecule has 9 atom stereocenters. The second-order valence-electron chi connectivity index (χ2n) is 14.2. The van der Waals surface area contributed by atoms with Crippen LogP contribution in [0.25, 0.3) is 0 Å². The summed E-state index contributed by atoms with van der Waals surface area (Å²) in [6, 6.07) is -0.415. The number of aromatic nitrogens is 2. The average Bonchev–Trinajstić information content (AvgIpc) is 3.57. The number of ether oxygens (including phenoxy) is 4. The van der Waals surface area contributed by atoms with E-state index in [0.29, 0.717) is 32.3 Å². The molecule has 0 radical (unpaired) electrons. The fourth-order valence-electron chi connectivity index (χ4n) is 6.86. The monoisotopic (exact) mass is 697 g/mol. The Labute approximate surface area is 293 Å². The maximum absolute atomic E-state index is 12.9. The maximum Gasteiger partial charge on any atom is 0.327 e. The van der Waals surface area contributed by atoms with Crippen molar-refractivity contribution in [2.75, 3.05) is 6.61 Å². The Morgan fingerprint density at radius 1 is 1.08 bits per heavy atom. The van der Waals surface area contributed by atoms with Gasteiger partial charge in [0.15, 0.2) is 0 Å². The zero-order valence-electron chi connectivity index (χ0n) is 29.4. The van der Waals surface area contributed by atoms with Crippen molar-refractivity contribution in [3.63, 3.8) is 0 Å². The Morgan fingerprint density at radius 2 is 1.82 bits per heavy atom. The Kier molecular flexibility index (Phi) is 12.3. The van der Waals surface area contributed by atoms with Gasteiger partial charge in [-0.15, -0.1) is 0 Å². The normalized spacial score (nSPS) is 34.6. The van der Waals surface area contributed by atoms with Crippen LogP contribution in [-0.4, -0.2) is 105 Å². The topological polar surface area (TPSA) is 183 Å². The molecule has 3 saturated heterocycles. The molecule has 5 rings (SSSR count). The molecule has 14 heteroatoms. The lowest BCUT2D eigenvalue weighted by atomic mass is 9.85. The molecule has 3 amide bonds. The molecule has 4 N–H and O–H groups in total. The number of amides is 3. The summed E-state index contributed by atoms with van der Waals surface area (Å²) >= 11 is 0. The highest BCUT2D eigenvalue weighted by atomic mass is 16.6. The Morgan fingerprint density at radius 3 is 2.50 bits per heavy atom. The summed E-state index contributed by atoms with van der Waals surface area (Å²) in [6.07, 6.45) is 14.1. The number of carbonyl (C=O) groups excluding carboxylic acids is 4. The average molecular weight is 698 g/mol. The summed E-state index contributed by atoms with van der Waals surface area (Å²) in [4.78, 5) is 52.5. The molecule has 1 aliphatic carbocycles. The van der Waals surface area contributed by atoms with E-state index in [1.807, 2.05) is 26.0 Å². The largest absolute Gasteiger partial charge is 0.459 e. The first-order chi connectivity index (χ1) is 23.8. The van der Waals surface area contributed by atoms with Crippen molar-refractivity contribution in [2.24, 2.45) is 5.92 Å². The molecule has 0 aromatic carbocycles. The number of aliphatic hydroxyl groups is 1. The number of imidazole rings is 1. The number of carbonyl (C=O) groups is 4. The van der Waals surface area contributed by atoms with Crippen LogP contribution in [0.3, 0.4) is 0 Å². The van der Waals surface area contributed by atoms with E-state index in [2.05, 4.69) is 33.9 Å². The standard InChI is InChI=1S/C36H51N5O9/c1-21(6-9-30-22(2)14-29(24(4)49-30)40-32(43)11-8-23(3)48-25(5)42)7-10-31-34(45)36(19-47-36)18-28(50-31)17-33(44)38-26-15-27(16-26)39-35(46)41-13-12-37-20-41/h6-8,10-13,20,22-24,26-31,34,45H,9,14-19H2,1-5H3,(H,38,44)(H,39,46)(H,40,43)/t22-,23-,24+,26?,27?,28+,29+,30-,31+,34+,36+/m0/s1. The van der Waals surface area contributed by atoms with Gasteiger partial charge in [0.1, 0.15) is 30.2 Å². The second-order valence-corrected chi connectivity index (χ2v) is 14.2. The van der Waals surface area contributed by atoms with Gasteiger partial charge in [0.2, 0.25) is 11.8 Å². The van der Waals surface area contributed by atoms with E-state index in [-0.39, 0.29) is 60.5 Å². The predicted molar refractivity (Wildman–Crippen MR) is 182 cm³/mol. The fourth-order valence-corrected chi connectivity index (χ4v) is 6.86. The van der Waals surface area contributed by atoms with E-state index in [0.717, 1.165) is 12.0 Å². The van der Waals surface area contributed by atoms with Crippen molar-refractivity contribution in [1.29, 1.82) is 0 Å². The van der Waals surface area contributed by atoms with E-state index in [1.165, 1.54) is 23.9 Å². The Balaban J connectivity index is 1.05. The van der Waals surface area contributed by atoms with E-state index in [9.17, 15) is 24.3 Å². The quantitative estimate of drug-likeness (QED) is 0.110. The minimum absolute atomic E-state index is 0.00956. The Hall–Kier alpha value is -3.85. The van der Waals surface area contributed by atoms with Gasteiger partial charge in [-0.2, -0.15) is 0 Å². The molecule has 0 bridgehead atoms. The van der Waals surface area contributed by atoms with E-state index in [4.69, 9.17) is 18.9 Å². The number of allylic oxidation sites excluding steroid dienone is 2. The number of aliphatic hydroxyl groups excluding tert-OH is 1. The molecule has 14 nitrogen and oxygen atoms in total. The third-order valence-electron chi connectivity index (χ3n) is 9.91. The minimum atomic E-state index is -0.841. The number of hydrogen-bond donors (Lipinski definition) is 4. The molecule has 50 heavy (non-hydrogen) atoms. The van der Waals surface area contributed by atoms with Crippen molar-refractivity contribution in [3.05, 3.63) is 54.7 Å². The van der Waals surface area contributed by atoms with Gasteiger partial charge in [-0.25, -0.2) is 9.78 Å². The van der Waals surface area contributed by atoms with Crippen molar-refractivity contribution in [3.8, 4) is 0 Å². The molecule has 1 saturated carbocycles. The van der Waals surface area contributed by atoms with Gasteiger partial charge >= 0.3 is 12.0 Å². The van der Waals surface area contributed by atoms with Gasteiger partial charge in [0, 0.05) is 43.9 Å². The first-order valence-electron chi connectivity index (χ1n) is 17.5. The lowest BCUT2D eigenvalue weighted by Gasteiger charge is -2.39. The molecule has 3 aliphatic heterocycles. The lowest BCUT2D eigenvalue weighted by molar-refractivity contribution is -0.146. The summed E-state index contributed by atoms with van der Waals surface area (Å²) in [7, 11) is 0.